The third-order valence-electron chi connectivity index (χ3n) is 3.73. The molecule has 0 radical (unpaired) electrons. The van der Waals surface area contributed by atoms with Gasteiger partial charge < -0.3 is 4.57 Å². The van der Waals surface area contributed by atoms with Crippen molar-refractivity contribution in [3.63, 3.8) is 0 Å². The zero-order chi connectivity index (χ0) is 19.1. The number of nitrogens with zero attached hydrogens (tertiary/aromatic N) is 4. The van der Waals surface area contributed by atoms with Gasteiger partial charge in [0.25, 0.3) is 5.56 Å². The van der Waals surface area contributed by atoms with Crippen molar-refractivity contribution >= 4 is 22.9 Å². The first-order valence-corrected chi connectivity index (χ1v) is 8.56. The minimum Gasteiger partial charge on any atom is -0.318 e. The van der Waals surface area contributed by atoms with Crippen LogP contribution in [0.1, 0.15) is 12.0 Å². The zero-order valence-electron chi connectivity index (χ0n) is 13.8. The highest BCUT2D eigenvalue weighted by Gasteiger charge is 2.27. The van der Waals surface area contributed by atoms with Crippen LogP contribution in [0.5, 0.6) is 0 Å². The fourth-order valence-electron chi connectivity index (χ4n) is 2.34. The summed E-state index contributed by atoms with van der Waals surface area (Å²) in [7, 11) is 1.63. The highest BCUT2D eigenvalue weighted by atomic mass is 32.2. The smallest absolute Gasteiger partial charge is 0.318 e. The minimum absolute atomic E-state index is 0.0543. The summed E-state index contributed by atoms with van der Waals surface area (Å²) >= 11 is 0.788. The van der Waals surface area contributed by atoms with Gasteiger partial charge in [-0.15, -0.1) is 0 Å². The summed E-state index contributed by atoms with van der Waals surface area (Å²) in [6.45, 7) is 1.57. The van der Waals surface area contributed by atoms with E-state index in [-0.39, 0.29) is 27.8 Å². The molecule has 0 amide bonds. The number of aryl methyl sites for hydroxylation is 2. The summed E-state index contributed by atoms with van der Waals surface area (Å²) in [6.07, 6.45) is -3.95. The molecule has 2 heterocycles. The lowest BCUT2D eigenvalue weighted by Crippen LogP contribution is -2.22. The van der Waals surface area contributed by atoms with Crippen LogP contribution in [-0.2, 0) is 7.05 Å². The summed E-state index contributed by atoms with van der Waals surface area (Å²) in [5.41, 5.74) is 0.336. The second-order valence-electron chi connectivity index (χ2n) is 5.71. The molecule has 0 saturated heterocycles. The lowest BCUT2D eigenvalue weighted by molar-refractivity contribution is -0.129. The van der Waals surface area contributed by atoms with Gasteiger partial charge >= 0.3 is 6.18 Å². The molecule has 0 aliphatic rings. The van der Waals surface area contributed by atoms with E-state index in [0.717, 1.165) is 22.4 Å². The van der Waals surface area contributed by atoms with Crippen molar-refractivity contribution in [1.82, 2.24) is 19.1 Å². The maximum absolute atomic E-state index is 13.9. The Balaban J connectivity index is 2.14. The normalized spacial score (nSPS) is 12.1. The molecule has 5 nitrogen and oxygen atoms in total. The second kappa shape index (κ2) is 6.75. The molecule has 10 heteroatoms. The largest absolute Gasteiger partial charge is 0.389 e. The fraction of sp³-hybridized carbons (Fsp3) is 0.312. The molecule has 138 valence electrons. The van der Waals surface area contributed by atoms with Gasteiger partial charge in [-0.1, -0.05) is 17.8 Å². The molecule has 3 aromatic rings. The number of halogens is 4. The Labute approximate surface area is 149 Å². The van der Waals surface area contributed by atoms with E-state index in [2.05, 4.69) is 9.97 Å². The molecule has 0 bridgehead atoms. The number of aromatic nitrogens is 4. The molecule has 3 rings (SSSR count). The van der Waals surface area contributed by atoms with Gasteiger partial charge in [-0.2, -0.15) is 13.2 Å². The summed E-state index contributed by atoms with van der Waals surface area (Å²) < 4.78 is 53.9. The van der Waals surface area contributed by atoms with Gasteiger partial charge in [0.2, 0.25) is 0 Å². The molecule has 0 fully saturated rings. The Morgan fingerprint density at radius 3 is 2.65 bits per heavy atom. The molecular weight excluding hydrogens is 372 g/mol. The number of rotatable bonds is 4. The van der Waals surface area contributed by atoms with Crippen LogP contribution >= 0.6 is 11.8 Å². The van der Waals surface area contributed by atoms with E-state index in [1.807, 2.05) is 0 Å². The Morgan fingerprint density at radius 2 is 2.00 bits per heavy atom. The Kier molecular flexibility index (Phi) is 4.78. The summed E-state index contributed by atoms with van der Waals surface area (Å²) in [5.74, 6) is -0.838. The van der Waals surface area contributed by atoms with Gasteiger partial charge in [0.15, 0.2) is 16.3 Å². The van der Waals surface area contributed by atoms with Crippen LogP contribution in [0.4, 0.5) is 17.6 Å². The van der Waals surface area contributed by atoms with Crippen molar-refractivity contribution in [1.29, 1.82) is 0 Å². The van der Waals surface area contributed by atoms with Gasteiger partial charge in [0.05, 0.1) is 18.4 Å². The monoisotopic (exact) mass is 386 g/mol. The molecule has 26 heavy (non-hydrogen) atoms. The number of alkyl halides is 3. The van der Waals surface area contributed by atoms with Gasteiger partial charge in [0.1, 0.15) is 5.82 Å². The first-order chi connectivity index (χ1) is 12.2. The number of hydrogen-bond acceptors (Lipinski definition) is 4. The molecule has 0 aliphatic carbocycles. The van der Waals surface area contributed by atoms with Crippen molar-refractivity contribution in [3.8, 4) is 5.69 Å². The van der Waals surface area contributed by atoms with Crippen LogP contribution in [0.3, 0.4) is 0 Å². The third-order valence-corrected chi connectivity index (χ3v) is 4.68. The van der Waals surface area contributed by atoms with E-state index >= 15 is 0 Å². The van der Waals surface area contributed by atoms with E-state index < -0.39 is 24.0 Å². The highest BCUT2D eigenvalue weighted by molar-refractivity contribution is 7.99. The zero-order valence-corrected chi connectivity index (χ0v) is 14.7. The van der Waals surface area contributed by atoms with E-state index in [1.54, 1.807) is 14.0 Å². The number of fused-ring (bicyclic) bond motifs is 1. The molecule has 0 spiro atoms. The van der Waals surface area contributed by atoms with Crippen LogP contribution in [0.2, 0.25) is 0 Å². The summed E-state index contributed by atoms with van der Waals surface area (Å²) in [5, 5.41) is 0.0543. The van der Waals surface area contributed by atoms with Crippen LogP contribution in [0, 0.1) is 12.7 Å². The number of thioether (sulfide) groups is 1. The molecule has 1 aromatic carbocycles. The standard InChI is InChI=1S/C16H14F4N4OS/c1-9-3-4-10(7-11(9)17)24-14(25)12-13(23(2)8-21-12)22-15(24)26-6-5-16(18,19)20/h3-4,7-8H,5-6H2,1-2H3. The molecule has 0 atom stereocenters. The Bertz CT molecular complexity index is 1030. The maximum Gasteiger partial charge on any atom is 0.389 e. The van der Waals surface area contributed by atoms with Crippen molar-refractivity contribution in [2.75, 3.05) is 5.75 Å². The van der Waals surface area contributed by atoms with Gasteiger partial charge in [0, 0.05) is 12.8 Å². The quantitative estimate of drug-likeness (QED) is 0.391. The Morgan fingerprint density at radius 1 is 1.27 bits per heavy atom. The summed E-state index contributed by atoms with van der Waals surface area (Å²) in [6, 6.07) is 4.16. The Hall–Kier alpha value is -2.36. The van der Waals surface area contributed by atoms with E-state index in [4.69, 9.17) is 0 Å². The molecular formula is C16H14F4N4OS. The van der Waals surface area contributed by atoms with Crippen molar-refractivity contribution in [3.05, 3.63) is 46.3 Å². The van der Waals surface area contributed by atoms with Crippen LogP contribution in [0.25, 0.3) is 16.9 Å². The van der Waals surface area contributed by atoms with Crippen molar-refractivity contribution in [2.45, 2.75) is 24.7 Å². The van der Waals surface area contributed by atoms with Gasteiger partial charge in [-0.05, 0) is 24.6 Å². The lowest BCUT2D eigenvalue weighted by Gasteiger charge is -2.13. The first kappa shape index (κ1) is 18.4. The van der Waals surface area contributed by atoms with E-state index in [9.17, 15) is 22.4 Å². The predicted octanol–water partition coefficient (Wildman–Crippen LogP) is 3.61. The highest BCUT2D eigenvalue weighted by Crippen LogP contribution is 2.27. The first-order valence-electron chi connectivity index (χ1n) is 7.57. The number of imidazole rings is 1. The van der Waals surface area contributed by atoms with Gasteiger partial charge in [-0.3, -0.25) is 9.36 Å². The van der Waals surface area contributed by atoms with Crippen molar-refractivity contribution < 1.29 is 17.6 Å². The van der Waals surface area contributed by atoms with Crippen LogP contribution in [-0.4, -0.2) is 31.0 Å². The number of benzene rings is 1. The maximum atomic E-state index is 13.9. The van der Waals surface area contributed by atoms with E-state index in [0.29, 0.717) is 5.56 Å². The van der Waals surface area contributed by atoms with Gasteiger partial charge in [-0.25, -0.2) is 14.4 Å². The van der Waals surface area contributed by atoms with Crippen LogP contribution in [0.15, 0.2) is 34.5 Å². The predicted molar refractivity (Wildman–Crippen MR) is 90.2 cm³/mol. The fourth-order valence-corrected chi connectivity index (χ4v) is 3.33. The SMILES string of the molecule is Cc1ccc(-n2c(SCCC(F)(F)F)nc3c(ncn3C)c2=O)cc1F. The van der Waals surface area contributed by atoms with Crippen LogP contribution < -0.4 is 5.56 Å². The molecule has 0 saturated carbocycles. The van der Waals surface area contributed by atoms with Crippen molar-refractivity contribution in [2.24, 2.45) is 7.05 Å². The minimum atomic E-state index is -4.31. The molecule has 0 N–H and O–H groups in total. The lowest BCUT2D eigenvalue weighted by atomic mass is 10.2. The second-order valence-corrected chi connectivity index (χ2v) is 6.77. The molecule has 2 aromatic heterocycles. The number of hydrogen-bond donors (Lipinski definition) is 0. The topological polar surface area (TPSA) is 52.7 Å². The average Bonchev–Trinajstić information content (AvgIpc) is 2.91. The molecule has 0 aliphatic heterocycles. The summed E-state index contributed by atoms with van der Waals surface area (Å²) in [4.78, 5) is 21.1. The third kappa shape index (κ3) is 3.59. The average molecular weight is 386 g/mol. The molecule has 0 unspecified atom stereocenters. The van der Waals surface area contributed by atoms with E-state index in [1.165, 1.54) is 23.0 Å².